The number of rotatable bonds is 3. The first-order chi connectivity index (χ1) is 10.0. The zero-order chi connectivity index (χ0) is 15.0. The SMILES string of the molecule is CN1C(=O)CC(N2CCN(Cc3ccc(Br)s3)CC2)C1=O. The summed E-state index contributed by atoms with van der Waals surface area (Å²) >= 11 is 5.25. The number of likely N-dealkylation sites (tertiary alicyclic amines) is 1. The van der Waals surface area contributed by atoms with Crippen molar-refractivity contribution in [2.75, 3.05) is 33.2 Å². The molecule has 0 saturated carbocycles. The van der Waals surface area contributed by atoms with Crippen molar-refractivity contribution in [2.45, 2.75) is 19.0 Å². The van der Waals surface area contributed by atoms with Gasteiger partial charge < -0.3 is 0 Å². The van der Waals surface area contributed by atoms with Crippen LogP contribution in [-0.4, -0.2) is 65.8 Å². The number of halogens is 1. The van der Waals surface area contributed by atoms with Gasteiger partial charge in [-0.3, -0.25) is 24.3 Å². The van der Waals surface area contributed by atoms with Crippen molar-refractivity contribution in [3.05, 3.63) is 20.8 Å². The molecule has 1 unspecified atom stereocenters. The second kappa shape index (κ2) is 6.16. The quantitative estimate of drug-likeness (QED) is 0.753. The topological polar surface area (TPSA) is 43.9 Å². The molecular weight excluding hydrogens is 354 g/mol. The highest BCUT2D eigenvalue weighted by molar-refractivity contribution is 9.11. The summed E-state index contributed by atoms with van der Waals surface area (Å²) in [5.41, 5.74) is 0. The molecule has 3 heterocycles. The van der Waals surface area contributed by atoms with E-state index in [9.17, 15) is 9.59 Å². The van der Waals surface area contributed by atoms with E-state index in [1.807, 2.05) is 0 Å². The number of carbonyl (C=O) groups is 2. The molecule has 0 aliphatic carbocycles. The average molecular weight is 372 g/mol. The van der Waals surface area contributed by atoms with E-state index in [1.165, 1.54) is 9.78 Å². The van der Waals surface area contributed by atoms with Gasteiger partial charge in [-0.1, -0.05) is 0 Å². The third-order valence-corrected chi connectivity index (χ3v) is 5.82. The van der Waals surface area contributed by atoms with Crippen LogP contribution in [0.3, 0.4) is 0 Å². The summed E-state index contributed by atoms with van der Waals surface area (Å²) in [6.07, 6.45) is 0.340. The summed E-state index contributed by atoms with van der Waals surface area (Å²) in [5.74, 6) is -0.105. The van der Waals surface area contributed by atoms with E-state index >= 15 is 0 Å². The molecular formula is C14H18BrN3O2S. The third-order valence-electron chi connectivity index (χ3n) is 4.21. The van der Waals surface area contributed by atoms with Gasteiger partial charge in [0.25, 0.3) is 0 Å². The van der Waals surface area contributed by atoms with E-state index in [2.05, 4.69) is 37.9 Å². The fraction of sp³-hybridized carbons (Fsp3) is 0.571. The molecule has 0 aromatic carbocycles. The molecule has 0 radical (unpaired) electrons. The molecule has 114 valence electrons. The highest BCUT2D eigenvalue weighted by atomic mass is 79.9. The van der Waals surface area contributed by atoms with E-state index < -0.39 is 0 Å². The van der Waals surface area contributed by atoms with Gasteiger partial charge in [0.1, 0.15) is 0 Å². The van der Waals surface area contributed by atoms with Gasteiger partial charge in [0.2, 0.25) is 11.8 Å². The Balaban J connectivity index is 1.53. The average Bonchev–Trinajstić information content (AvgIpc) is 2.99. The molecule has 21 heavy (non-hydrogen) atoms. The van der Waals surface area contributed by atoms with E-state index in [1.54, 1.807) is 18.4 Å². The molecule has 1 atom stereocenters. The summed E-state index contributed by atoms with van der Waals surface area (Å²) in [6, 6.07) is 3.99. The Morgan fingerprint density at radius 2 is 1.95 bits per heavy atom. The Bertz CT molecular complexity index is 554. The highest BCUT2D eigenvalue weighted by Gasteiger charge is 2.40. The van der Waals surface area contributed by atoms with E-state index in [4.69, 9.17) is 0 Å². The Hall–Kier alpha value is -0.760. The maximum Gasteiger partial charge on any atom is 0.246 e. The molecule has 3 rings (SSSR count). The Labute approximate surface area is 136 Å². The summed E-state index contributed by atoms with van der Waals surface area (Å²) in [6.45, 7) is 4.55. The number of carbonyl (C=O) groups excluding carboxylic acids is 2. The van der Waals surface area contributed by atoms with Gasteiger partial charge in [-0.05, 0) is 28.1 Å². The van der Waals surface area contributed by atoms with Crippen molar-refractivity contribution >= 4 is 39.1 Å². The van der Waals surface area contributed by atoms with Gasteiger partial charge in [0.15, 0.2) is 0 Å². The van der Waals surface area contributed by atoms with Crippen LogP contribution in [0.4, 0.5) is 0 Å². The van der Waals surface area contributed by atoms with Crippen LogP contribution in [0.25, 0.3) is 0 Å². The van der Waals surface area contributed by atoms with Crippen LogP contribution in [0.5, 0.6) is 0 Å². The van der Waals surface area contributed by atoms with Gasteiger partial charge in [-0.25, -0.2) is 0 Å². The second-order valence-electron chi connectivity index (χ2n) is 5.53. The minimum absolute atomic E-state index is 0.0457. The summed E-state index contributed by atoms with van der Waals surface area (Å²) in [4.78, 5) is 30.8. The lowest BCUT2D eigenvalue weighted by molar-refractivity contribution is -0.138. The lowest BCUT2D eigenvalue weighted by Crippen LogP contribution is -2.51. The molecule has 2 saturated heterocycles. The maximum absolute atomic E-state index is 12.0. The number of imide groups is 1. The molecule has 2 aliphatic rings. The van der Waals surface area contributed by atoms with Gasteiger partial charge in [0.05, 0.1) is 16.2 Å². The van der Waals surface area contributed by atoms with E-state index in [0.29, 0.717) is 6.42 Å². The first-order valence-electron chi connectivity index (χ1n) is 7.05. The van der Waals surface area contributed by atoms with Crippen molar-refractivity contribution in [3.63, 3.8) is 0 Å². The van der Waals surface area contributed by atoms with Crippen molar-refractivity contribution in [1.82, 2.24) is 14.7 Å². The molecule has 0 N–H and O–H groups in total. The predicted octanol–water partition coefficient (Wildman–Crippen LogP) is 1.39. The zero-order valence-electron chi connectivity index (χ0n) is 11.9. The lowest BCUT2D eigenvalue weighted by Gasteiger charge is -2.36. The molecule has 2 fully saturated rings. The van der Waals surface area contributed by atoms with E-state index in [0.717, 1.165) is 36.5 Å². The summed E-state index contributed by atoms with van der Waals surface area (Å²) in [5, 5.41) is 0. The molecule has 1 aromatic rings. The molecule has 7 heteroatoms. The molecule has 2 aliphatic heterocycles. The second-order valence-corrected chi connectivity index (χ2v) is 8.08. The van der Waals surface area contributed by atoms with Crippen LogP contribution in [0.15, 0.2) is 15.9 Å². The molecule has 5 nitrogen and oxygen atoms in total. The minimum atomic E-state index is -0.236. The number of piperazine rings is 1. The first kappa shape index (κ1) is 15.1. The van der Waals surface area contributed by atoms with Crippen molar-refractivity contribution in [2.24, 2.45) is 0 Å². The third kappa shape index (κ3) is 3.21. The number of thiophene rings is 1. The van der Waals surface area contributed by atoms with Gasteiger partial charge in [-0.2, -0.15) is 0 Å². The number of hydrogen-bond acceptors (Lipinski definition) is 5. The van der Waals surface area contributed by atoms with Crippen LogP contribution in [-0.2, 0) is 16.1 Å². The normalized spacial score (nSPS) is 25.0. The van der Waals surface area contributed by atoms with Gasteiger partial charge in [-0.15, -0.1) is 11.3 Å². The summed E-state index contributed by atoms with van der Waals surface area (Å²) < 4.78 is 1.16. The standard InChI is InChI=1S/C14H18BrN3O2S/c1-16-13(19)8-11(14(16)20)18-6-4-17(5-7-18)9-10-2-3-12(15)21-10/h2-3,11H,4-9H2,1H3. The smallest absolute Gasteiger partial charge is 0.246 e. The largest absolute Gasteiger partial charge is 0.296 e. The number of amides is 2. The number of nitrogens with zero attached hydrogens (tertiary/aromatic N) is 3. The fourth-order valence-electron chi connectivity index (χ4n) is 2.91. The van der Waals surface area contributed by atoms with Crippen LogP contribution < -0.4 is 0 Å². The fourth-order valence-corrected chi connectivity index (χ4v) is 4.44. The van der Waals surface area contributed by atoms with Crippen molar-refractivity contribution in [1.29, 1.82) is 0 Å². The van der Waals surface area contributed by atoms with Gasteiger partial charge in [0, 0.05) is 44.6 Å². The molecule has 0 spiro atoms. The Kier molecular flexibility index (Phi) is 4.44. The van der Waals surface area contributed by atoms with Crippen molar-refractivity contribution in [3.8, 4) is 0 Å². The number of likely N-dealkylation sites (N-methyl/N-ethyl adjacent to an activating group) is 1. The lowest BCUT2D eigenvalue weighted by atomic mass is 10.1. The van der Waals surface area contributed by atoms with Crippen LogP contribution in [0, 0.1) is 0 Å². The first-order valence-corrected chi connectivity index (χ1v) is 8.66. The van der Waals surface area contributed by atoms with Crippen LogP contribution in [0.1, 0.15) is 11.3 Å². The zero-order valence-corrected chi connectivity index (χ0v) is 14.3. The Morgan fingerprint density at radius 3 is 2.48 bits per heavy atom. The summed E-state index contributed by atoms with van der Waals surface area (Å²) in [7, 11) is 1.58. The monoisotopic (exact) mass is 371 g/mol. The van der Waals surface area contributed by atoms with Crippen LogP contribution >= 0.6 is 27.3 Å². The molecule has 2 amide bonds. The Morgan fingerprint density at radius 1 is 1.24 bits per heavy atom. The van der Waals surface area contributed by atoms with Crippen LogP contribution in [0.2, 0.25) is 0 Å². The van der Waals surface area contributed by atoms with Gasteiger partial charge >= 0.3 is 0 Å². The molecule has 0 bridgehead atoms. The maximum atomic E-state index is 12.0. The minimum Gasteiger partial charge on any atom is -0.296 e. The highest BCUT2D eigenvalue weighted by Crippen LogP contribution is 2.24. The molecule has 1 aromatic heterocycles. The van der Waals surface area contributed by atoms with E-state index in [-0.39, 0.29) is 17.9 Å². The number of hydrogen-bond donors (Lipinski definition) is 0. The predicted molar refractivity (Wildman–Crippen MR) is 85.1 cm³/mol. The van der Waals surface area contributed by atoms with Crippen molar-refractivity contribution < 1.29 is 9.59 Å².